The van der Waals surface area contributed by atoms with E-state index in [0.717, 1.165) is 80.8 Å². The van der Waals surface area contributed by atoms with Crippen LogP contribution in [0.25, 0.3) is 10.9 Å². The maximum Gasteiger partial charge on any atom is 0.234 e. The molecule has 2 aromatic heterocycles. The summed E-state index contributed by atoms with van der Waals surface area (Å²) in [4.78, 5) is 45.2. The van der Waals surface area contributed by atoms with Gasteiger partial charge in [-0.2, -0.15) is 4.98 Å². The number of rotatable bonds is 13. The lowest BCUT2D eigenvalue weighted by atomic mass is 9.89. The summed E-state index contributed by atoms with van der Waals surface area (Å²) in [6.07, 6.45) is 6.23. The van der Waals surface area contributed by atoms with Gasteiger partial charge in [0.25, 0.3) is 0 Å². The number of benzene rings is 3. The summed E-state index contributed by atoms with van der Waals surface area (Å²) in [5, 5.41) is 10.3. The Kier molecular flexibility index (Phi) is 13.0. The molecule has 3 fully saturated rings. The molecule has 3 saturated heterocycles. The Morgan fingerprint density at radius 3 is 2.37 bits per heavy atom. The monoisotopic (exact) mass is 944 g/mol. The second-order valence-corrected chi connectivity index (χ2v) is 20.7. The number of amides is 2. The molecule has 0 bridgehead atoms. The minimum atomic E-state index is -2.73. The highest BCUT2D eigenvalue weighted by Gasteiger charge is 2.33. The number of anilines is 5. The Morgan fingerprint density at radius 1 is 0.952 bits per heavy atom. The number of methoxy groups -OCH3 is 1. The normalized spacial score (nSPS) is 19.5. The molecule has 63 heavy (non-hydrogen) atoms. The smallest absolute Gasteiger partial charge is 0.234 e. The van der Waals surface area contributed by atoms with Gasteiger partial charge in [0.1, 0.15) is 30.3 Å². The fraction of sp³-hybridized carbons (Fsp3) is 0.413. The zero-order valence-electron chi connectivity index (χ0n) is 36.9. The molecular weight excluding hydrogens is 891 g/mol. The molecule has 1 unspecified atom stereocenters. The van der Waals surface area contributed by atoms with Crippen molar-refractivity contribution in [2.24, 2.45) is 0 Å². The Morgan fingerprint density at radius 2 is 1.68 bits per heavy atom. The topological polar surface area (TPSA) is 145 Å². The van der Waals surface area contributed by atoms with Crippen LogP contribution >= 0.6 is 23.1 Å². The molecule has 0 radical (unpaired) electrons. The number of carbonyl (C=O) groups is 2. The number of aromatic nitrogens is 3. The number of piperazine rings is 1. The number of ether oxygens (including phenoxy) is 1. The van der Waals surface area contributed by atoms with Crippen molar-refractivity contribution >= 4 is 79.9 Å². The van der Waals surface area contributed by atoms with E-state index in [9.17, 15) is 14.2 Å². The van der Waals surface area contributed by atoms with E-state index in [4.69, 9.17) is 11.1 Å². The third-order valence-electron chi connectivity index (χ3n) is 12.3. The number of nitrogens with one attached hydrogen (secondary N) is 3. The summed E-state index contributed by atoms with van der Waals surface area (Å²) in [5.74, 6) is -4.06. The second kappa shape index (κ2) is 19.0. The van der Waals surface area contributed by atoms with Gasteiger partial charge in [-0.05, 0) is 96.8 Å². The zero-order chi connectivity index (χ0) is 45.3. The number of imide groups is 1. The largest absolute Gasteiger partial charge is 0.494 e. The first kappa shape index (κ1) is 43.2. The summed E-state index contributed by atoms with van der Waals surface area (Å²) >= 11 is 3.59. The quantitative estimate of drug-likeness (QED) is 0.0786. The number of carbonyl (C=O) groups excluding carboxylic acids is 2. The molecule has 332 valence electrons. The molecule has 5 aromatic rings. The van der Waals surface area contributed by atoms with Crippen LogP contribution in [0.2, 0.25) is 0 Å². The van der Waals surface area contributed by atoms with Crippen LogP contribution in [0.4, 0.5) is 37.6 Å². The molecule has 0 aliphatic carbocycles. The van der Waals surface area contributed by atoms with Crippen LogP contribution in [0.1, 0.15) is 56.6 Å². The van der Waals surface area contributed by atoms with E-state index >= 15 is 8.78 Å². The standard InChI is InChI=1S/C46H53BrF2N9O4P/c1-5-29-24-37(53-46-51-26-33(47)44(55-46)52-38-27-50-36-9-7-6-8-31(36)43(38)63(3,4)61)40(62-2)25-39(29)58-16-13-30(14-17-58)57-20-18-56(19-21-57)15-12-28-22-34(48)42(35(49)23-28)32-10-11-41(59)54-45(32)60/h6-9,22-27,30,32H,5,10-21H2,1-4H3,(H,54,59,60)(H2,51,52,53,55)/i32D. The van der Waals surface area contributed by atoms with Crippen LogP contribution in [0.15, 0.2) is 65.4 Å². The molecule has 0 saturated carbocycles. The molecule has 3 N–H and O–H groups in total. The Bertz CT molecular complexity index is 2620. The molecule has 13 nitrogen and oxygen atoms in total. The minimum Gasteiger partial charge on any atom is -0.494 e. The van der Waals surface area contributed by atoms with E-state index < -0.39 is 42.0 Å². The van der Waals surface area contributed by atoms with Crippen molar-refractivity contribution in [2.45, 2.75) is 57.4 Å². The summed E-state index contributed by atoms with van der Waals surface area (Å²) in [5.41, 5.74) is 4.31. The first-order chi connectivity index (χ1) is 30.6. The van der Waals surface area contributed by atoms with Gasteiger partial charge in [-0.1, -0.05) is 25.1 Å². The number of halogens is 3. The molecular formula is C46H53BrF2N9O4P. The van der Waals surface area contributed by atoms with Gasteiger partial charge in [-0.15, -0.1) is 0 Å². The molecule has 1 atom stereocenters. The van der Waals surface area contributed by atoms with Crippen molar-refractivity contribution in [1.82, 2.24) is 30.1 Å². The van der Waals surface area contributed by atoms with Crippen LogP contribution < -0.4 is 30.9 Å². The van der Waals surface area contributed by atoms with Crippen molar-refractivity contribution in [1.29, 1.82) is 0 Å². The summed E-state index contributed by atoms with van der Waals surface area (Å²) < 4.78 is 59.1. The maximum atomic E-state index is 15.2. The first-order valence-corrected chi connectivity index (χ1v) is 24.8. The zero-order valence-corrected chi connectivity index (χ0v) is 38.4. The Hall–Kier alpha value is -5.02. The third-order valence-corrected chi connectivity index (χ3v) is 14.4. The average molecular weight is 946 g/mol. The molecule has 5 heterocycles. The molecule has 17 heteroatoms. The lowest BCUT2D eigenvalue weighted by Gasteiger charge is -2.43. The molecule has 3 aromatic carbocycles. The van der Waals surface area contributed by atoms with E-state index in [2.05, 4.69) is 70.3 Å². The van der Waals surface area contributed by atoms with E-state index in [1.165, 1.54) is 17.7 Å². The van der Waals surface area contributed by atoms with Crippen LogP contribution in [0.3, 0.4) is 0 Å². The van der Waals surface area contributed by atoms with Crippen molar-refractivity contribution in [3.63, 3.8) is 0 Å². The van der Waals surface area contributed by atoms with Gasteiger partial charge >= 0.3 is 0 Å². The van der Waals surface area contributed by atoms with Gasteiger partial charge < -0.3 is 29.7 Å². The van der Waals surface area contributed by atoms with Crippen LogP contribution in [0, 0.1) is 11.6 Å². The number of para-hydroxylation sites is 1. The van der Waals surface area contributed by atoms with Crippen LogP contribution in [-0.2, 0) is 27.0 Å². The summed E-state index contributed by atoms with van der Waals surface area (Å²) in [7, 11) is -1.07. The predicted octanol–water partition coefficient (Wildman–Crippen LogP) is 7.72. The number of pyridine rings is 1. The van der Waals surface area contributed by atoms with Crippen molar-refractivity contribution in [3.8, 4) is 5.75 Å². The lowest BCUT2D eigenvalue weighted by Crippen LogP contribution is -2.53. The minimum absolute atomic E-state index is 0.145. The van der Waals surface area contributed by atoms with E-state index in [1.54, 1.807) is 32.8 Å². The maximum absolute atomic E-state index is 15.2. The van der Waals surface area contributed by atoms with Crippen molar-refractivity contribution < 1.29 is 29.0 Å². The number of aryl methyl sites for hydroxylation is 1. The fourth-order valence-electron chi connectivity index (χ4n) is 9.04. The number of hydrogen-bond acceptors (Lipinski definition) is 12. The Labute approximate surface area is 376 Å². The molecule has 2 amide bonds. The number of hydrogen-bond donors (Lipinski definition) is 3. The van der Waals surface area contributed by atoms with Gasteiger partial charge in [0.05, 0.1) is 40.6 Å². The number of piperidine rings is 2. The van der Waals surface area contributed by atoms with E-state index in [-0.39, 0.29) is 12.8 Å². The van der Waals surface area contributed by atoms with E-state index in [1.807, 2.05) is 29.6 Å². The van der Waals surface area contributed by atoms with E-state index in [0.29, 0.717) is 57.6 Å². The number of nitrogens with zero attached hydrogens (tertiary/aromatic N) is 6. The highest BCUT2D eigenvalue weighted by molar-refractivity contribution is 9.10. The van der Waals surface area contributed by atoms with Gasteiger partial charge in [-0.25, -0.2) is 13.8 Å². The van der Waals surface area contributed by atoms with Gasteiger partial charge in [0.15, 0.2) is 0 Å². The molecule has 0 spiro atoms. The van der Waals surface area contributed by atoms with Crippen LogP contribution in [-0.4, -0.2) is 109 Å². The molecule has 3 aliphatic rings. The number of fused-ring (bicyclic) bond motifs is 1. The van der Waals surface area contributed by atoms with Gasteiger partial charge in [0, 0.05) is 93.9 Å². The Balaban J connectivity index is 0.870. The van der Waals surface area contributed by atoms with Crippen LogP contribution in [0.5, 0.6) is 5.75 Å². The average Bonchev–Trinajstić information content (AvgIpc) is 3.27. The SMILES string of the molecule is [2H]C1(c2c(F)cc(CCN3CCN(C4CCN(c5cc(OC)c(Nc6ncc(Br)c(Nc7cnc8ccccc8c7P(C)(C)=O)n6)cc5CC)CC4)CC3)cc2F)CCC(=O)NC1=O. The predicted molar refractivity (Wildman–Crippen MR) is 248 cm³/mol. The molecule has 8 rings (SSSR count). The highest BCUT2D eigenvalue weighted by Crippen LogP contribution is 2.42. The molecule has 3 aliphatic heterocycles. The lowest BCUT2D eigenvalue weighted by molar-refractivity contribution is -0.134. The second-order valence-electron chi connectivity index (χ2n) is 16.7. The fourth-order valence-corrected chi connectivity index (χ4v) is 10.8. The summed E-state index contributed by atoms with van der Waals surface area (Å²) in [6, 6.07) is 14.8. The summed E-state index contributed by atoms with van der Waals surface area (Å²) in [6.45, 7) is 11.6. The van der Waals surface area contributed by atoms with Crippen molar-refractivity contribution in [3.05, 3.63) is 93.7 Å². The van der Waals surface area contributed by atoms with Crippen molar-refractivity contribution in [2.75, 3.05) is 81.8 Å². The third kappa shape index (κ3) is 9.89. The first-order valence-electron chi connectivity index (χ1n) is 21.9. The van der Waals surface area contributed by atoms with Gasteiger partial charge in [-0.3, -0.25) is 24.8 Å². The van der Waals surface area contributed by atoms with Gasteiger partial charge in [0.2, 0.25) is 17.8 Å². The highest BCUT2D eigenvalue weighted by atomic mass is 79.9.